The molecule has 26 heavy (non-hydrogen) atoms. The molecular weight excluding hydrogens is 324 g/mol. The van der Waals surface area contributed by atoms with Crippen molar-refractivity contribution in [2.24, 2.45) is 0 Å². The summed E-state index contributed by atoms with van der Waals surface area (Å²) in [6, 6.07) is 21.2. The molecule has 0 aliphatic heterocycles. The number of benzene rings is 2. The maximum absolute atomic E-state index is 12.6. The lowest BCUT2D eigenvalue weighted by Gasteiger charge is -2.44. The van der Waals surface area contributed by atoms with Gasteiger partial charge in [0, 0.05) is 30.9 Å². The molecule has 1 aliphatic rings. The van der Waals surface area contributed by atoms with Crippen molar-refractivity contribution in [2.75, 3.05) is 0 Å². The smallest absolute Gasteiger partial charge is 0.136 e. The van der Waals surface area contributed by atoms with Crippen LogP contribution in [0, 0.1) is 0 Å². The Balaban J connectivity index is 1.90. The second-order valence-electron chi connectivity index (χ2n) is 6.84. The Labute approximate surface area is 152 Å². The molecule has 1 N–H and O–H groups in total. The highest BCUT2D eigenvalue weighted by molar-refractivity contribution is 5.82. The number of aliphatic hydroxyl groups is 1. The molecule has 1 heterocycles. The Bertz CT molecular complexity index is 884. The molecule has 3 aromatic rings. The summed E-state index contributed by atoms with van der Waals surface area (Å²) in [5.41, 5.74) is 1.25. The predicted molar refractivity (Wildman–Crippen MR) is 98.5 cm³/mol. The molecule has 0 spiro atoms. The number of hydrogen-bond acceptors (Lipinski definition) is 4. The van der Waals surface area contributed by atoms with E-state index < -0.39 is 5.60 Å². The lowest BCUT2D eigenvalue weighted by atomic mass is 9.62. The van der Waals surface area contributed by atoms with Gasteiger partial charge in [0.25, 0.3) is 0 Å². The summed E-state index contributed by atoms with van der Waals surface area (Å²) in [5.74, 6) is -0.402. The second kappa shape index (κ2) is 6.81. The summed E-state index contributed by atoms with van der Waals surface area (Å²) >= 11 is 0. The highest BCUT2D eigenvalue weighted by Gasteiger charge is 2.50. The molecule has 0 bridgehead atoms. The van der Waals surface area contributed by atoms with Crippen molar-refractivity contribution >= 4 is 5.78 Å². The molecule has 1 fully saturated rings. The summed E-state index contributed by atoms with van der Waals surface area (Å²) in [5, 5.41) is 11.8. The number of hydrogen-bond donors (Lipinski definition) is 1. The molecule has 0 saturated heterocycles. The lowest BCUT2D eigenvalue weighted by molar-refractivity contribution is -0.132. The van der Waals surface area contributed by atoms with Crippen molar-refractivity contribution in [3.8, 4) is 0 Å². The molecule has 1 aliphatic carbocycles. The molecule has 3 atom stereocenters. The Morgan fingerprint density at radius 2 is 1.65 bits per heavy atom. The molecule has 4 nitrogen and oxygen atoms in total. The van der Waals surface area contributed by atoms with Gasteiger partial charge < -0.3 is 5.11 Å². The van der Waals surface area contributed by atoms with Crippen LogP contribution in [0.25, 0.3) is 0 Å². The molecule has 0 amide bonds. The number of Topliss-reactive ketones (excluding diaryl/α,β-unsaturated/α-hetero) is 1. The third-order valence-corrected chi connectivity index (χ3v) is 5.26. The summed E-state index contributed by atoms with van der Waals surface area (Å²) in [6.07, 6.45) is 3.67. The molecule has 4 heteroatoms. The maximum atomic E-state index is 12.6. The van der Waals surface area contributed by atoms with Gasteiger partial charge in [-0.05, 0) is 17.2 Å². The van der Waals surface area contributed by atoms with Gasteiger partial charge in [-0.15, -0.1) is 0 Å². The van der Waals surface area contributed by atoms with E-state index in [-0.39, 0.29) is 24.0 Å². The normalized spacial score (nSPS) is 25.8. The molecule has 2 aromatic carbocycles. The van der Waals surface area contributed by atoms with Crippen molar-refractivity contribution < 1.29 is 9.90 Å². The molecular formula is C22H20N2O2. The minimum atomic E-state index is -1.30. The van der Waals surface area contributed by atoms with Crippen LogP contribution >= 0.6 is 0 Å². The summed E-state index contributed by atoms with van der Waals surface area (Å²) in [7, 11) is 0. The Morgan fingerprint density at radius 3 is 2.31 bits per heavy atom. The van der Waals surface area contributed by atoms with E-state index in [2.05, 4.69) is 9.97 Å². The van der Waals surface area contributed by atoms with Gasteiger partial charge in [-0.1, -0.05) is 60.7 Å². The summed E-state index contributed by atoms with van der Waals surface area (Å²) in [4.78, 5) is 21.1. The van der Waals surface area contributed by atoms with E-state index in [1.54, 1.807) is 6.20 Å². The third kappa shape index (κ3) is 2.93. The fourth-order valence-corrected chi connectivity index (χ4v) is 4.13. The highest BCUT2D eigenvalue weighted by Crippen LogP contribution is 2.52. The zero-order chi connectivity index (χ0) is 18.0. The number of rotatable bonds is 3. The van der Waals surface area contributed by atoms with Crippen LogP contribution in [0.4, 0.5) is 0 Å². The predicted octanol–water partition coefficient (Wildman–Crippen LogP) is 3.59. The fourth-order valence-electron chi connectivity index (χ4n) is 4.13. The Morgan fingerprint density at radius 1 is 0.962 bits per heavy atom. The van der Waals surface area contributed by atoms with Crippen LogP contribution in [0.15, 0.2) is 79.3 Å². The molecule has 1 aromatic heterocycles. The zero-order valence-corrected chi connectivity index (χ0v) is 14.3. The van der Waals surface area contributed by atoms with Crippen LogP contribution in [-0.4, -0.2) is 20.9 Å². The first kappa shape index (κ1) is 16.6. The maximum Gasteiger partial charge on any atom is 0.136 e. The standard InChI is InChI=1S/C22H20N2O2/c25-18-13-19(16-7-3-1-4-8-16)21(20-11-12-23-15-24-20)22(26,14-18)17-9-5-2-6-10-17/h1-12,15,19,21,26H,13-14H2. The molecule has 3 unspecified atom stereocenters. The van der Waals surface area contributed by atoms with Gasteiger partial charge in [0.05, 0.1) is 5.69 Å². The number of nitrogens with zero attached hydrogens (tertiary/aromatic N) is 2. The minimum absolute atomic E-state index is 0.0653. The van der Waals surface area contributed by atoms with Crippen LogP contribution in [-0.2, 0) is 10.4 Å². The van der Waals surface area contributed by atoms with Crippen LogP contribution in [0.3, 0.4) is 0 Å². The number of aromatic nitrogens is 2. The average molecular weight is 344 g/mol. The average Bonchev–Trinajstić information content (AvgIpc) is 2.69. The van der Waals surface area contributed by atoms with Gasteiger partial charge in [0.1, 0.15) is 17.7 Å². The van der Waals surface area contributed by atoms with E-state index in [4.69, 9.17) is 0 Å². The van der Waals surface area contributed by atoms with E-state index in [1.807, 2.05) is 66.7 Å². The van der Waals surface area contributed by atoms with Crippen LogP contribution < -0.4 is 0 Å². The van der Waals surface area contributed by atoms with Gasteiger partial charge in [-0.25, -0.2) is 9.97 Å². The van der Waals surface area contributed by atoms with E-state index in [0.717, 1.165) is 16.8 Å². The van der Waals surface area contributed by atoms with Crippen molar-refractivity contribution in [1.82, 2.24) is 9.97 Å². The fraction of sp³-hybridized carbons (Fsp3) is 0.227. The van der Waals surface area contributed by atoms with E-state index in [0.29, 0.717) is 6.42 Å². The minimum Gasteiger partial charge on any atom is -0.384 e. The first-order valence-corrected chi connectivity index (χ1v) is 8.79. The largest absolute Gasteiger partial charge is 0.384 e. The van der Waals surface area contributed by atoms with Crippen molar-refractivity contribution in [2.45, 2.75) is 30.3 Å². The first-order valence-electron chi connectivity index (χ1n) is 8.79. The Hall–Kier alpha value is -2.85. The number of carbonyl (C=O) groups is 1. The van der Waals surface area contributed by atoms with Gasteiger partial charge in [-0.2, -0.15) is 0 Å². The van der Waals surface area contributed by atoms with Crippen LogP contribution in [0.2, 0.25) is 0 Å². The topological polar surface area (TPSA) is 63.1 Å². The Kier molecular flexibility index (Phi) is 4.35. The summed E-state index contributed by atoms with van der Waals surface area (Å²) in [6.45, 7) is 0. The van der Waals surface area contributed by atoms with Gasteiger partial charge in [0.2, 0.25) is 0 Å². The molecule has 130 valence electrons. The van der Waals surface area contributed by atoms with Crippen LogP contribution in [0.1, 0.15) is 41.5 Å². The molecule has 0 radical (unpaired) electrons. The lowest BCUT2D eigenvalue weighted by Crippen LogP contribution is -2.44. The first-order chi connectivity index (χ1) is 12.7. The number of ketones is 1. The van der Waals surface area contributed by atoms with Crippen molar-refractivity contribution in [3.05, 3.63) is 96.1 Å². The summed E-state index contributed by atoms with van der Waals surface area (Å²) < 4.78 is 0. The van der Waals surface area contributed by atoms with E-state index in [9.17, 15) is 9.90 Å². The van der Waals surface area contributed by atoms with Gasteiger partial charge in [-0.3, -0.25) is 4.79 Å². The monoisotopic (exact) mass is 344 g/mol. The van der Waals surface area contributed by atoms with Crippen molar-refractivity contribution in [3.63, 3.8) is 0 Å². The van der Waals surface area contributed by atoms with E-state index in [1.165, 1.54) is 6.33 Å². The van der Waals surface area contributed by atoms with Crippen molar-refractivity contribution in [1.29, 1.82) is 0 Å². The molecule has 4 rings (SSSR count). The molecule has 1 saturated carbocycles. The SMILES string of the molecule is O=C1CC(c2ccccc2)C(c2ccncn2)C(O)(c2ccccc2)C1. The quantitative estimate of drug-likeness (QED) is 0.789. The zero-order valence-electron chi connectivity index (χ0n) is 14.3. The third-order valence-electron chi connectivity index (χ3n) is 5.26. The second-order valence-corrected chi connectivity index (χ2v) is 6.84. The van der Waals surface area contributed by atoms with Crippen LogP contribution in [0.5, 0.6) is 0 Å². The van der Waals surface area contributed by atoms with E-state index >= 15 is 0 Å². The van der Waals surface area contributed by atoms with Gasteiger partial charge >= 0.3 is 0 Å². The van der Waals surface area contributed by atoms with Gasteiger partial charge in [0.15, 0.2) is 0 Å². The number of carbonyl (C=O) groups excluding carboxylic acids is 1. The highest BCUT2D eigenvalue weighted by atomic mass is 16.3.